The highest BCUT2D eigenvalue weighted by molar-refractivity contribution is 5.90. The lowest BCUT2D eigenvalue weighted by Gasteiger charge is -2.06. The minimum absolute atomic E-state index is 0.135. The van der Waals surface area contributed by atoms with Gasteiger partial charge < -0.3 is 10.4 Å². The standard InChI is InChI=1S/C12H13N5O3/c1-8-2-4-9(5-3-8)13-11(18)7-17-10(6-12(19)20)14-15-16-17/h2-5H,6-7H2,1H3,(H,13,18)(H,19,20). The zero-order valence-electron chi connectivity index (χ0n) is 10.8. The van der Waals surface area contributed by atoms with E-state index >= 15 is 0 Å². The van der Waals surface area contributed by atoms with E-state index in [2.05, 4.69) is 20.8 Å². The molecule has 2 aromatic rings. The predicted octanol–water partition coefficient (Wildman–Crippen LogP) is 0.247. The van der Waals surface area contributed by atoms with Crippen molar-refractivity contribution < 1.29 is 14.7 Å². The highest BCUT2D eigenvalue weighted by Crippen LogP contribution is 2.08. The molecule has 1 amide bonds. The molecular formula is C12H13N5O3. The Hall–Kier alpha value is -2.77. The van der Waals surface area contributed by atoms with Crippen molar-refractivity contribution in [2.45, 2.75) is 19.9 Å². The molecule has 0 fully saturated rings. The van der Waals surface area contributed by atoms with Gasteiger partial charge in [0, 0.05) is 5.69 Å². The largest absolute Gasteiger partial charge is 0.481 e. The first-order valence-electron chi connectivity index (χ1n) is 5.88. The normalized spacial score (nSPS) is 10.2. The van der Waals surface area contributed by atoms with Gasteiger partial charge in [-0.1, -0.05) is 17.7 Å². The van der Waals surface area contributed by atoms with Crippen LogP contribution >= 0.6 is 0 Å². The number of anilines is 1. The lowest BCUT2D eigenvalue weighted by Crippen LogP contribution is -2.22. The molecule has 0 radical (unpaired) electrons. The number of aryl methyl sites for hydroxylation is 1. The molecule has 0 aliphatic heterocycles. The molecule has 0 atom stereocenters. The van der Waals surface area contributed by atoms with Gasteiger partial charge in [0.15, 0.2) is 5.82 Å². The highest BCUT2D eigenvalue weighted by Gasteiger charge is 2.13. The van der Waals surface area contributed by atoms with Crippen molar-refractivity contribution in [3.8, 4) is 0 Å². The Bertz CT molecular complexity index is 620. The van der Waals surface area contributed by atoms with Crippen LogP contribution in [0.5, 0.6) is 0 Å². The molecule has 0 saturated heterocycles. The van der Waals surface area contributed by atoms with Crippen molar-refractivity contribution in [3.63, 3.8) is 0 Å². The maximum absolute atomic E-state index is 11.8. The Kier molecular flexibility index (Phi) is 4.04. The van der Waals surface area contributed by atoms with Gasteiger partial charge in [-0.2, -0.15) is 0 Å². The third kappa shape index (κ3) is 3.61. The summed E-state index contributed by atoms with van der Waals surface area (Å²) in [4.78, 5) is 22.4. The number of carbonyl (C=O) groups excluding carboxylic acids is 1. The summed E-state index contributed by atoms with van der Waals surface area (Å²) in [7, 11) is 0. The van der Waals surface area contributed by atoms with Gasteiger partial charge in [-0.15, -0.1) is 5.10 Å². The molecule has 8 heteroatoms. The van der Waals surface area contributed by atoms with Crippen molar-refractivity contribution in [3.05, 3.63) is 35.7 Å². The minimum atomic E-state index is -1.06. The van der Waals surface area contributed by atoms with E-state index in [9.17, 15) is 9.59 Å². The summed E-state index contributed by atoms with van der Waals surface area (Å²) in [5.41, 5.74) is 1.75. The van der Waals surface area contributed by atoms with Crippen LogP contribution in [0.15, 0.2) is 24.3 Å². The Labute approximate surface area is 114 Å². The van der Waals surface area contributed by atoms with Gasteiger partial charge in [0.1, 0.15) is 13.0 Å². The fourth-order valence-corrected chi connectivity index (χ4v) is 1.58. The topological polar surface area (TPSA) is 110 Å². The maximum Gasteiger partial charge on any atom is 0.311 e. The first-order chi connectivity index (χ1) is 9.54. The van der Waals surface area contributed by atoms with Crippen LogP contribution in [0.4, 0.5) is 5.69 Å². The van der Waals surface area contributed by atoms with Gasteiger partial charge in [0.05, 0.1) is 0 Å². The van der Waals surface area contributed by atoms with Crippen molar-refractivity contribution >= 4 is 17.6 Å². The number of benzene rings is 1. The van der Waals surface area contributed by atoms with Crippen LogP contribution in [0, 0.1) is 6.92 Å². The maximum atomic E-state index is 11.8. The Morgan fingerprint density at radius 3 is 2.65 bits per heavy atom. The van der Waals surface area contributed by atoms with Crippen LogP contribution in [-0.4, -0.2) is 37.2 Å². The average Bonchev–Trinajstić information content (AvgIpc) is 2.78. The van der Waals surface area contributed by atoms with Crippen molar-refractivity contribution in [1.82, 2.24) is 20.2 Å². The van der Waals surface area contributed by atoms with E-state index in [1.807, 2.05) is 19.1 Å². The second-order valence-electron chi connectivity index (χ2n) is 4.24. The summed E-state index contributed by atoms with van der Waals surface area (Å²) in [5.74, 6) is -1.25. The summed E-state index contributed by atoms with van der Waals surface area (Å²) in [5, 5.41) is 21.9. The van der Waals surface area contributed by atoms with Crippen molar-refractivity contribution in [1.29, 1.82) is 0 Å². The molecule has 1 aromatic heterocycles. The summed E-state index contributed by atoms with van der Waals surface area (Å²) in [6.07, 6.45) is -0.329. The molecular weight excluding hydrogens is 262 g/mol. The number of rotatable bonds is 5. The summed E-state index contributed by atoms with van der Waals surface area (Å²) < 4.78 is 1.16. The van der Waals surface area contributed by atoms with E-state index in [-0.39, 0.29) is 24.7 Å². The van der Waals surface area contributed by atoms with E-state index in [4.69, 9.17) is 5.11 Å². The zero-order chi connectivity index (χ0) is 14.5. The Morgan fingerprint density at radius 2 is 2.00 bits per heavy atom. The monoisotopic (exact) mass is 275 g/mol. The summed E-state index contributed by atoms with van der Waals surface area (Å²) in [6.45, 7) is 1.81. The molecule has 0 spiro atoms. The SMILES string of the molecule is Cc1ccc(NC(=O)Cn2nnnc2CC(=O)O)cc1. The van der Waals surface area contributed by atoms with Crippen LogP contribution in [0.25, 0.3) is 0 Å². The number of hydrogen-bond donors (Lipinski definition) is 2. The second kappa shape index (κ2) is 5.91. The van der Waals surface area contributed by atoms with Crippen LogP contribution in [0.3, 0.4) is 0 Å². The molecule has 0 aliphatic rings. The quantitative estimate of drug-likeness (QED) is 0.809. The van der Waals surface area contributed by atoms with E-state index in [0.717, 1.165) is 10.2 Å². The fourth-order valence-electron chi connectivity index (χ4n) is 1.58. The lowest BCUT2D eigenvalue weighted by atomic mass is 10.2. The van der Waals surface area contributed by atoms with E-state index in [1.54, 1.807) is 12.1 Å². The summed E-state index contributed by atoms with van der Waals surface area (Å²) >= 11 is 0. The molecule has 2 N–H and O–H groups in total. The van der Waals surface area contributed by atoms with E-state index < -0.39 is 5.97 Å². The number of nitrogens with one attached hydrogen (secondary N) is 1. The number of nitrogens with zero attached hydrogens (tertiary/aromatic N) is 4. The molecule has 8 nitrogen and oxygen atoms in total. The fraction of sp³-hybridized carbons (Fsp3) is 0.250. The van der Waals surface area contributed by atoms with Gasteiger partial charge in [-0.05, 0) is 29.5 Å². The van der Waals surface area contributed by atoms with Gasteiger partial charge in [0.2, 0.25) is 5.91 Å². The number of carboxylic acids is 1. The van der Waals surface area contributed by atoms with Gasteiger partial charge in [-0.3, -0.25) is 9.59 Å². The number of hydrogen-bond acceptors (Lipinski definition) is 5. The first kappa shape index (κ1) is 13.7. The van der Waals surface area contributed by atoms with Gasteiger partial charge in [0.25, 0.3) is 0 Å². The highest BCUT2D eigenvalue weighted by atomic mass is 16.4. The number of aromatic nitrogens is 4. The summed E-state index contributed by atoms with van der Waals surface area (Å²) in [6, 6.07) is 7.32. The number of tetrazole rings is 1. The molecule has 0 saturated carbocycles. The third-order valence-corrected chi connectivity index (χ3v) is 2.54. The van der Waals surface area contributed by atoms with E-state index in [0.29, 0.717) is 5.69 Å². The van der Waals surface area contributed by atoms with Crippen LogP contribution in [0.1, 0.15) is 11.4 Å². The van der Waals surface area contributed by atoms with Crippen LogP contribution in [-0.2, 0) is 22.6 Å². The predicted molar refractivity (Wildman–Crippen MR) is 69.0 cm³/mol. The van der Waals surface area contributed by atoms with Crippen LogP contribution < -0.4 is 5.32 Å². The first-order valence-corrected chi connectivity index (χ1v) is 5.88. The van der Waals surface area contributed by atoms with Gasteiger partial charge in [-0.25, -0.2) is 4.68 Å². The molecule has 1 aromatic carbocycles. The molecule has 1 heterocycles. The van der Waals surface area contributed by atoms with Crippen LogP contribution in [0.2, 0.25) is 0 Å². The van der Waals surface area contributed by atoms with Crippen molar-refractivity contribution in [2.24, 2.45) is 0 Å². The number of carbonyl (C=O) groups is 2. The van der Waals surface area contributed by atoms with E-state index in [1.165, 1.54) is 0 Å². The smallest absolute Gasteiger partial charge is 0.311 e. The molecule has 0 bridgehead atoms. The second-order valence-corrected chi connectivity index (χ2v) is 4.24. The molecule has 0 unspecified atom stereocenters. The average molecular weight is 275 g/mol. The number of amides is 1. The number of carboxylic acid groups (broad SMARTS) is 1. The van der Waals surface area contributed by atoms with Gasteiger partial charge >= 0.3 is 5.97 Å². The molecule has 104 valence electrons. The molecule has 0 aliphatic carbocycles. The lowest BCUT2D eigenvalue weighted by molar-refractivity contribution is -0.136. The third-order valence-electron chi connectivity index (χ3n) is 2.54. The molecule has 20 heavy (non-hydrogen) atoms. The number of aliphatic carboxylic acids is 1. The zero-order valence-corrected chi connectivity index (χ0v) is 10.8. The Balaban J connectivity index is 1.99. The molecule has 2 rings (SSSR count). The minimum Gasteiger partial charge on any atom is -0.481 e. The Morgan fingerprint density at radius 1 is 1.30 bits per heavy atom. The van der Waals surface area contributed by atoms with Crippen molar-refractivity contribution in [2.75, 3.05) is 5.32 Å².